The lowest BCUT2D eigenvalue weighted by Crippen LogP contribution is -2.42. The molecule has 6 rings (SSSR count). The molecular formula is C30H24N2O3. The third kappa shape index (κ3) is 3.52. The first kappa shape index (κ1) is 21.3. The van der Waals surface area contributed by atoms with Crippen LogP contribution < -0.4 is 15.8 Å². The second-order valence-corrected chi connectivity index (χ2v) is 9.05. The van der Waals surface area contributed by atoms with Crippen molar-refractivity contribution in [1.82, 2.24) is 5.06 Å². The van der Waals surface area contributed by atoms with E-state index >= 15 is 0 Å². The molecule has 172 valence electrons. The standard InChI is InChI=1S/C30H24N2O3/c33-18-32(35)30(21-10-9-20-6-2-4-8-27(20)31-17-21)29-26-14-13-23-22-7-3-1-5-19(22)11-12-24(23)25(26)15-16-28(29)34/h1-11,13-14,17-18,30-31,35H,12,15-16H2. The number of hydrogen-bond acceptors (Lipinski definition) is 4. The molecule has 1 heterocycles. The predicted octanol–water partition coefficient (Wildman–Crippen LogP) is 3.22. The highest BCUT2D eigenvalue weighted by molar-refractivity contribution is 6.18. The Balaban J connectivity index is 1.60. The number of rotatable bonds is 4. The number of carbonyl (C=O) groups excluding carboxylic acids is 2. The average Bonchev–Trinajstić information content (AvgIpc) is 3.12. The van der Waals surface area contributed by atoms with Crippen molar-refractivity contribution in [2.75, 3.05) is 5.32 Å². The van der Waals surface area contributed by atoms with Gasteiger partial charge in [0.15, 0.2) is 5.78 Å². The number of ketones is 1. The van der Waals surface area contributed by atoms with Gasteiger partial charge in [0.05, 0.1) is 0 Å². The smallest absolute Gasteiger partial charge is 0.234 e. The number of hydrogen-bond donors (Lipinski definition) is 2. The second-order valence-electron chi connectivity index (χ2n) is 9.05. The van der Waals surface area contributed by atoms with Gasteiger partial charge in [-0.05, 0) is 62.0 Å². The number of nitrogens with one attached hydrogen (secondary N) is 1. The van der Waals surface area contributed by atoms with E-state index in [1.165, 1.54) is 21.2 Å². The lowest BCUT2D eigenvalue weighted by molar-refractivity contribution is -0.152. The van der Waals surface area contributed by atoms with Gasteiger partial charge in [0.2, 0.25) is 6.41 Å². The summed E-state index contributed by atoms with van der Waals surface area (Å²) in [7, 11) is 0. The Morgan fingerprint density at radius 1 is 0.886 bits per heavy atom. The van der Waals surface area contributed by atoms with Crippen molar-refractivity contribution < 1.29 is 14.8 Å². The van der Waals surface area contributed by atoms with Crippen molar-refractivity contribution in [2.45, 2.75) is 25.3 Å². The van der Waals surface area contributed by atoms with Crippen LogP contribution >= 0.6 is 0 Å². The minimum atomic E-state index is -0.921. The molecule has 1 aliphatic heterocycles. The summed E-state index contributed by atoms with van der Waals surface area (Å²) in [6, 6.07) is 19.3. The molecule has 2 N–H and O–H groups in total. The Morgan fingerprint density at radius 2 is 1.69 bits per heavy atom. The fraction of sp³-hybridized carbons (Fsp3) is 0.133. The van der Waals surface area contributed by atoms with Crippen LogP contribution in [0.3, 0.4) is 0 Å². The Morgan fingerprint density at radius 3 is 2.57 bits per heavy atom. The fourth-order valence-electron chi connectivity index (χ4n) is 5.52. The molecule has 0 saturated heterocycles. The number of hydroxylamine groups is 2. The first-order valence-electron chi connectivity index (χ1n) is 11.8. The van der Waals surface area contributed by atoms with Crippen molar-refractivity contribution >= 4 is 35.6 Å². The van der Waals surface area contributed by atoms with Crippen molar-refractivity contribution in [3.05, 3.63) is 116 Å². The molecule has 0 radical (unpaired) electrons. The van der Waals surface area contributed by atoms with E-state index in [0.717, 1.165) is 28.5 Å². The highest BCUT2D eigenvalue weighted by Gasteiger charge is 2.32. The summed E-state index contributed by atoms with van der Waals surface area (Å²) in [5.74, 6) is -0.0559. The molecule has 3 aliphatic rings. The lowest BCUT2D eigenvalue weighted by Gasteiger charge is -2.29. The van der Waals surface area contributed by atoms with E-state index in [0.29, 0.717) is 35.5 Å². The van der Waals surface area contributed by atoms with Gasteiger partial charge in [0.1, 0.15) is 6.04 Å². The monoisotopic (exact) mass is 460 g/mol. The molecule has 3 aromatic carbocycles. The molecule has 5 heteroatoms. The van der Waals surface area contributed by atoms with E-state index in [4.69, 9.17) is 0 Å². The maximum absolute atomic E-state index is 13.4. The lowest BCUT2D eigenvalue weighted by atomic mass is 9.81. The zero-order valence-corrected chi connectivity index (χ0v) is 19.1. The summed E-state index contributed by atoms with van der Waals surface area (Å²) in [4.78, 5) is 25.2. The summed E-state index contributed by atoms with van der Waals surface area (Å²) in [5, 5.41) is 19.0. The van der Waals surface area contributed by atoms with Crippen LogP contribution in [0, 0.1) is 10.4 Å². The number of para-hydroxylation sites is 1. The maximum atomic E-state index is 13.4. The van der Waals surface area contributed by atoms with Crippen LogP contribution in [0.5, 0.6) is 0 Å². The largest absolute Gasteiger partial charge is 0.361 e. The Bertz CT molecular complexity index is 1670. The summed E-state index contributed by atoms with van der Waals surface area (Å²) in [6.45, 7) is 0. The molecule has 3 aromatic rings. The fourth-order valence-corrected chi connectivity index (χ4v) is 5.52. The highest BCUT2D eigenvalue weighted by Crippen LogP contribution is 2.29. The minimum absolute atomic E-state index is 0.0559. The number of nitrogens with zero attached hydrogens (tertiary/aromatic N) is 1. The van der Waals surface area contributed by atoms with E-state index in [1.54, 1.807) is 6.20 Å². The van der Waals surface area contributed by atoms with Gasteiger partial charge in [0, 0.05) is 23.9 Å². The second kappa shape index (κ2) is 8.53. The molecular weight excluding hydrogens is 436 g/mol. The third-order valence-corrected chi connectivity index (χ3v) is 7.17. The zero-order valence-electron chi connectivity index (χ0n) is 19.1. The van der Waals surface area contributed by atoms with Gasteiger partial charge in [-0.25, -0.2) is 5.06 Å². The van der Waals surface area contributed by atoms with E-state index in [2.05, 4.69) is 29.6 Å². The Kier molecular flexibility index (Phi) is 5.20. The molecule has 1 atom stereocenters. The van der Waals surface area contributed by atoms with Gasteiger partial charge < -0.3 is 5.32 Å². The zero-order chi connectivity index (χ0) is 23.9. The van der Waals surface area contributed by atoms with Gasteiger partial charge in [-0.2, -0.15) is 0 Å². The normalized spacial score (nSPS) is 16.3. The minimum Gasteiger partial charge on any atom is -0.361 e. The SMILES string of the molecule is O=CN(O)C(C1=CNc2ccccc2C=C1)C1=c2ccc3c(c2CCC1=O)CC=c1ccccc1=3. The van der Waals surface area contributed by atoms with Crippen molar-refractivity contribution in [3.8, 4) is 0 Å². The average molecular weight is 461 g/mol. The van der Waals surface area contributed by atoms with Gasteiger partial charge >= 0.3 is 0 Å². The molecule has 0 bridgehead atoms. The molecule has 2 aliphatic carbocycles. The molecule has 0 aromatic heterocycles. The van der Waals surface area contributed by atoms with Gasteiger partial charge in [-0.3, -0.25) is 14.8 Å². The number of carbonyl (C=O) groups is 2. The highest BCUT2D eigenvalue weighted by atomic mass is 16.5. The third-order valence-electron chi connectivity index (χ3n) is 7.17. The van der Waals surface area contributed by atoms with E-state index in [1.807, 2.05) is 54.6 Å². The summed E-state index contributed by atoms with van der Waals surface area (Å²) in [5.41, 5.74) is 5.32. The van der Waals surface area contributed by atoms with Crippen LogP contribution in [0.2, 0.25) is 0 Å². The molecule has 35 heavy (non-hydrogen) atoms. The molecule has 0 fully saturated rings. The van der Waals surface area contributed by atoms with Gasteiger partial charge in [0.25, 0.3) is 0 Å². The summed E-state index contributed by atoms with van der Waals surface area (Å²) < 4.78 is 0. The van der Waals surface area contributed by atoms with E-state index < -0.39 is 6.04 Å². The first-order valence-corrected chi connectivity index (χ1v) is 11.8. The molecule has 1 unspecified atom stereocenters. The van der Waals surface area contributed by atoms with Crippen LogP contribution in [0.4, 0.5) is 5.69 Å². The van der Waals surface area contributed by atoms with Crippen LogP contribution in [0.25, 0.3) is 17.7 Å². The Hall–Kier alpha value is -4.22. The van der Waals surface area contributed by atoms with Crippen molar-refractivity contribution in [1.29, 1.82) is 0 Å². The maximum Gasteiger partial charge on any atom is 0.234 e. The van der Waals surface area contributed by atoms with E-state index in [-0.39, 0.29) is 5.78 Å². The van der Waals surface area contributed by atoms with Crippen LogP contribution in [-0.2, 0) is 22.4 Å². The predicted molar refractivity (Wildman–Crippen MR) is 135 cm³/mol. The van der Waals surface area contributed by atoms with Crippen LogP contribution in [-0.4, -0.2) is 28.5 Å². The molecule has 0 spiro atoms. The number of amides is 1. The van der Waals surface area contributed by atoms with Gasteiger partial charge in [-0.1, -0.05) is 72.8 Å². The van der Waals surface area contributed by atoms with Crippen LogP contribution in [0.1, 0.15) is 23.1 Å². The number of Topliss-reactive ketones (excluding diaryl/α,β-unsaturated/α-hetero) is 1. The first-order chi connectivity index (χ1) is 17.2. The molecule has 5 nitrogen and oxygen atoms in total. The van der Waals surface area contributed by atoms with Gasteiger partial charge in [-0.15, -0.1) is 0 Å². The Labute approximate surface area is 202 Å². The molecule has 1 amide bonds. The van der Waals surface area contributed by atoms with Crippen molar-refractivity contribution in [2.24, 2.45) is 0 Å². The number of anilines is 1. The van der Waals surface area contributed by atoms with E-state index in [9.17, 15) is 14.8 Å². The molecule has 0 saturated carbocycles. The summed E-state index contributed by atoms with van der Waals surface area (Å²) in [6.07, 6.45) is 9.92. The number of benzene rings is 3. The van der Waals surface area contributed by atoms with Crippen LogP contribution in [0.15, 0.2) is 78.5 Å². The number of fused-ring (bicyclic) bond motifs is 5. The van der Waals surface area contributed by atoms with Crippen molar-refractivity contribution in [3.63, 3.8) is 0 Å². The topological polar surface area (TPSA) is 69.6 Å². The summed E-state index contributed by atoms with van der Waals surface area (Å²) >= 11 is 0. The quantitative estimate of drug-likeness (QED) is 0.356.